The molecule has 17 heavy (non-hydrogen) atoms. The molecule has 5 heteroatoms. The highest BCUT2D eigenvalue weighted by molar-refractivity contribution is 5.85. The van der Waals surface area contributed by atoms with Gasteiger partial charge in [0.15, 0.2) is 0 Å². The largest absolute Gasteiger partial charge is 0.418 e. The highest BCUT2D eigenvalue weighted by Gasteiger charge is 2.33. The second-order valence-corrected chi connectivity index (χ2v) is 3.83. The standard InChI is InChI=1S/C12H13F3N2/c1-2-17-9(7-16)6-8-4-3-5-10(11(8)17)12(13,14)15/h3-6H,2,7,16H2,1H3. The molecule has 2 nitrogen and oxygen atoms in total. The molecule has 0 saturated carbocycles. The Bertz CT molecular complexity index is 540. The second kappa shape index (κ2) is 4.07. The van der Waals surface area contributed by atoms with Crippen LogP contribution in [0.25, 0.3) is 10.9 Å². The van der Waals surface area contributed by atoms with Gasteiger partial charge in [-0.05, 0) is 19.1 Å². The maximum Gasteiger partial charge on any atom is 0.418 e. The number of halogens is 3. The minimum atomic E-state index is -4.34. The lowest BCUT2D eigenvalue weighted by Crippen LogP contribution is -2.11. The zero-order valence-electron chi connectivity index (χ0n) is 9.38. The molecule has 0 spiro atoms. The lowest BCUT2D eigenvalue weighted by atomic mass is 10.1. The van der Waals surface area contributed by atoms with Crippen LogP contribution in [0.1, 0.15) is 18.2 Å². The summed E-state index contributed by atoms with van der Waals surface area (Å²) < 4.78 is 40.3. The van der Waals surface area contributed by atoms with Gasteiger partial charge in [-0.25, -0.2) is 0 Å². The van der Waals surface area contributed by atoms with E-state index in [1.165, 1.54) is 6.07 Å². The first-order valence-corrected chi connectivity index (χ1v) is 5.37. The molecule has 0 radical (unpaired) electrons. The van der Waals surface area contributed by atoms with Crippen LogP contribution in [-0.2, 0) is 19.3 Å². The van der Waals surface area contributed by atoms with Gasteiger partial charge < -0.3 is 10.3 Å². The Labute approximate surface area is 96.8 Å². The van der Waals surface area contributed by atoms with E-state index >= 15 is 0 Å². The lowest BCUT2D eigenvalue weighted by molar-refractivity contribution is -0.136. The van der Waals surface area contributed by atoms with Crippen molar-refractivity contribution < 1.29 is 13.2 Å². The van der Waals surface area contributed by atoms with E-state index in [-0.39, 0.29) is 12.1 Å². The van der Waals surface area contributed by atoms with Crippen LogP contribution in [0.2, 0.25) is 0 Å². The van der Waals surface area contributed by atoms with E-state index in [1.54, 1.807) is 16.7 Å². The van der Waals surface area contributed by atoms with E-state index in [0.717, 1.165) is 11.8 Å². The first kappa shape index (κ1) is 12.0. The van der Waals surface area contributed by atoms with Gasteiger partial charge in [-0.15, -0.1) is 0 Å². The molecule has 1 heterocycles. The van der Waals surface area contributed by atoms with E-state index in [1.807, 2.05) is 6.92 Å². The summed E-state index contributed by atoms with van der Waals surface area (Å²) in [6.07, 6.45) is -4.34. The van der Waals surface area contributed by atoms with Gasteiger partial charge in [0.25, 0.3) is 0 Å². The summed E-state index contributed by atoms with van der Waals surface area (Å²) in [7, 11) is 0. The Morgan fingerprint density at radius 2 is 2.00 bits per heavy atom. The number of alkyl halides is 3. The van der Waals surface area contributed by atoms with Gasteiger partial charge >= 0.3 is 6.18 Å². The summed E-state index contributed by atoms with van der Waals surface area (Å²) in [4.78, 5) is 0. The number of hydrogen-bond acceptors (Lipinski definition) is 1. The number of aromatic nitrogens is 1. The number of nitrogens with two attached hydrogens (primary N) is 1. The predicted octanol–water partition coefficient (Wildman–Crippen LogP) is 3.14. The summed E-state index contributed by atoms with van der Waals surface area (Å²) >= 11 is 0. The van der Waals surface area contributed by atoms with Gasteiger partial charge in [-0.2, -0.15) is 13.2 Å². The molecular formula is C12H13F3N2. The maximum atomic E-state index is 12.9. The zero-order chi connectivity index (χ0) is 12.6. The van der Waals surface area contributed by atoms with Crippen molar-refractivity contribution in [1.29, 1.82) is 0 Å². The fraction of sp³-hybridized carbons (Fsp3) is 0.333. The van der Waals surface area contributed by atoms with Gasteiger partial charge in [-0.1, -0.05) is 12.1 Å². The number of benzene rings is 1. The maximum absolute atomic E-state index is 12.9. The molecule has 1 aromatic carbocycles. The van der Waals surface area contributed by atoms with Gasteiger partial charge in [0, 0.05) is 24.2 Å². The van der Waals surface area contributed by atoms with Crippen LogP contribution in [0, 0.1) is 0 Å². The van der Waals surface area contributed by atoms with E-state index in [0.29, 0.717) is 11.9 Å². The minimum Gasteiger partial charge on any atom is -0.343 e. The van der Waals surface area contributed by atoms with E-state index in [4.69, 9.17) is 5.73 Å². The van der Waals surface area contributed by atoms with Gasteiger partial charge in [0.05, 0.1) is 11.1 Å². The molecule has 0 bridgehead atoms. The van der Waals surface area contributed by atoms with E-state index in [9.17, 15) is 13.2 Å². The third kappa shape index (κ3) is 1.91. The minimum absolute atomic E-state index is 0.225. The number of nitrogens with zero attached hydrogens (tertiary/aromatic N) is 1. The van der Waals surface area contributed by atoms with Crippen molar-refractivity contribution in [2.24, 2.45) is 5.73 Å². The predicted molar refractivity (Wildman–Crippen MR) is 60.5 cm³/mol. The van der Waals surface area contributed by atoms with Crippen molar-refractivity contribution in [2.45, 2.75) is 26.2 Å². The lowest BCUT2D eigenvalue weighted by Gasteiger charge is -2.12. The van der Waals surface area contributed by atoms with Crippen molar-refractivity contribution in [3.8, 4) is 0 Å². The van der Waals surface area contributed by atoms with Crippen molar-refractivity contribution in [2.75, 3.05) is 0 Å². The van der Waals surface area contributed by atoms with Crippen molar-refractivity contribution in [3.05, 3.63) is 35.5 Å². The molecule has 2 rings (SSSR count). The molecule has 2 N–H and O–H groups in total. The Hall–Kier alpha value is -1.49. The second-order valence-electron chi connectivity index (χ2n) is 3.83. The average molecular weight is 242 g/mol. The first-order valence-electron chi connectivity index (χ1n) is 5.37. The molecule has 0 aliphatic carbocycles. The third-order valence-electron chi connectivity index (χ3n) is 2.84. The van der Waals surface area contributed by atoms with Crippen molar-refractivity contribution in [3.63, 3.8) is 0 Å². The summed E-state index contributed by atoms with van der Waals surface area (Å²) in [6, 6.07) is 5.92. The normalized spacial score (nSPS) is 12.3. The summed E-state index contributed by atoms with van der Waals surface area (Å²) in [6.45, 7) is 2.52. The number of fused-ring (bicyclic) bond motifs is 1. The number of hydrogen-bond donors (Lipinski definition) is 1. The first-order chi connectivity index (χ1) is 7.99. The number of para-hydroxylation sites is 1. The molecule has 0 fully saturated rings. The van der Waals surface area contributed by atoms with Gasteiger partial charge in [0.1, 0.15) is 0 Å². The van der Waals surface area contributed by atoms with E-state index in [2.05, 4.69) is 0 Å². The van der Waals surface area contributed by atoms with Crippen LogP contribution >= 0.6 is 0 Å². The molecule has 0 aliphatic heterocycles. The topological polar surface area (TPSA) is 30.9 Å². The highest BCUT2D eigenvalue weighted by Crippen LogP contribution is 2.36. The number of rotatable bonds is 2. The SMILES string of the molecule is CCn1c(CN)cc2cccc(C(F)(F)F)c21. The average Bonchev–Trinajstić information content (AvgIpc) is 2.64. The fourth-order valence-corrected chi connectivity index (χ4v) is 2.14. The smallest absolute Gasteiger partial charge is 0.343 e. The van der Waals surface area contributed by atoms with Crippen LogP contribution in [0.5, 0.6) is 0 Å². The molecule has 0 unspecified atom stereocenters. The Balaban J connectivity index is 2.82. The zero-order valence-corrected chi connectivity index (χ0v) is 9.38. The molecule has 0 saturated heterocycles. The Morgan fingerprint density at radius 1 is 1.29 bits per heavy atom. The van der Waals surface area contributed by atoms with Crippen molar-refractivity contribution in [1.82, 2.24) is 4.57 Å². The summed E-state index contributed by atoms with van der Waals surface area (Å²) in [5, 5.41) is 0.585. The Kier molecular flexibility index (Phi) is 2.87. The number of aryl methyl sites for hydroxylation is 1. The summed E-state index contributed by atoms with van der Waals surface area (Å²) in [5.41, 5.74) is 5.89. The van der Waals surface area contributed by atoms with Crippen LogP contribution in [-0.4, -0.2) is 4.57 Å². The van der Waals surface area contributed by atoms with Crippen LogP contribution in [0.3, 0.4) is 0 Å². The van der Waals surface area contributed by atoms with Gasteiger partial charge in [0.2, 0.25) is 0 Å². The van der Waals surface area contributed by atoms with Crippen LogP contribution < -0.4 is 5.73 Å². The summed E-state index contributed by atoms with van der Waals surface area (Å²) in [5.74, 6) is 0. The monoisotopic (exact) mass is 242 g/mol. The molecule has 0 atom stereocenters. The molecule has 1 aromatic heterocycles. The fourth-order valence-electron chi connectivity index (χ4n) is 2.14. The molecule has 0 amide bonds. The molecule has 0 aliphatic rings. The van der Waals surface area contributed by atoms with Crippen molar-refractivity contribution >= 4 is 10.9 Å². The van der Waals surface area contributed by atoms with E-state index < -0.39 is 11.7 Å². The molecule has 2 aromatic rings. The molecule has 92 valence electrons. The van der Waals surface area contributed by atoms with Crippen LogP contribution in [0.4, 0.5) is 13.2 Å². The third-order valence-corrected chi connectivity index (χ3v) is 2.84. The molecular weight excluding hydrogens is 229 g/mol. The highest BCUT2D eigenvalue weighted by atomic mass is 19.4. The van der Waals surface area contributed by atoms with Gasteiger partial charge in [-0.3, -0.25) is 0 Å². The Morgan fingerprint density at radius 3 is 2.53 bits per heavy atom. The van der Waals surface area contributed by atoms with Crippen LogP contribution in [0.15, 0.2) is 24.3 Å². The quantitative estimate of drug-likeness (QED) is 0.861.